The van der Waals surface area contributed by atoms with Gasteiger partial charge in [-0.15, -0.1) is 0 Å². The van der Waals surface area contributed by atoms with Crippen LogP contribution in [0.1, 0.15) is 37.7 Å². The average molecular weight is 603 g/mol. The van der Waals surface area contributed by atoms with Gasteiger partial charge < -0.3 is 52.9 Å². The Morgan fingerprint density at radius 1 is 1.07 bits per heavy atom. The Kier molecular flexibility index (Phi) is 13.0. The summed E-state index contributed by atoms with van der Waals surface area (Å²) in [7, 11) is 0. The quantitative estimate of drug-likeness (QED) is 0.0864. The molecular weight excluding hydrogens is 560 g/mol. The molecule has 0 radical (unpaired) electrons. The van der Waals surface area contributed by atoms with Crippen molar-refractivity contribution in [2.24, 2.45) is 11.5 Å². The molecule has 0 spiro atoms. The first-order valence-corrected chi connectivity index (χ1v) is 14.4. The Labute approximate surface area is 249 Å². The zero-order valence-electron chi connectivity index (χ0n) is 24.0. The highest BCUT2D eigenvalue weighted by Crippen LogP contribution is 2.20. The van der Waals surface area contributed by atoms with Crippen molar-refractivity contribution in [2.75, 3.05) is 26.4 Å². The second kappa shape index (κ2) is 16.6. The Hall–Kier alpha value is -3.92. The first kappa shape index (κ1) is 33.6. The maximum atomic E-state index is 13.7. The molecule has 2 aliphatic heterocycles. The number of hydrogen-bond acceptors (Lipinski definition) is 10. The molecule has 0 aromatic heterocycles. The van der Waals surface area contributed by atoms with Crippen LogP contribution in [-0.2, 0) is 35.2 Å². The molecule has 236 valence electrons. The summed E-state index contributed by atoms with van der Waals surface area (Å²) in [5.41, 5.74) is 11.8. The molecule has 1 aromatic rings. The van der Waals surface area contributed by atoms with Crippen LogP contribution < -0.4 is 38.1 Å². The topological polar surface area (TPSA) is 238 Å². The molecule has 2 heterocycles. The van der Waals surface area contributed by atoms with E-state index in [2.05, 4.69) is 26.6 Å². The summed E-state index contributed by atoms with van der Waals surface area (Å²) in [4.78, 5) is 77.4. The maximum absolute atomic E-state index is 13.7. The van der Waals surface area contributed by atoms with Gasteiger partial charge >= 0.3 is 0 Å². The normalized spacial score (nSPS) is 20.8. The highest BCUT2D eigenvalue weighted by Gasteiger charge is 2.40. The van der Waals surface area contributed by atoms with E-state index in [4.69, 9.17) is 11.5 Å². The molecule has 0 saturated carbocycles. The molecular formula is C28H42N8O7. The monoisotopic (exact) mass is 602 g/mol. The zero-order chi connectivity index (χ0) is 31.4. The van der Waals surface area contributed by atoms with Gasteiger partial charge in [-0.05, 0) is 37.7 Å². The smallest absolute Gasteiger partial charge is 0.245 e. The number of hydrogen-bond donors (Lipinski definition) is 8. The number of amides is 5. The van der Waals surface area contributed by atoms with Crippen molar-refractivity contribution in [2.45, 2.75) is 74.8 Å². The number of aldehydes is 1. The van der Waals surface area contributed by atoms with Crippen molar-refractivity contribution in [1.82, 2.24) is 31.5 Å². The second-order valence-corrected chi connectivity index (χ2v) is 10.8. The fourth-order valence-electron chi connectivity index (χ4n) is 5.18. The molecule has 2 saturated heterocycles. The van der Waals surface area contributed by atoms with Crippen molar-refractivity contribution >= 4 is 35.8 Å². The molecule has 6 atom stereocenters. The fraction of sp³-hybridized carbons (Fsp3) is 0.571. The van der Waals surface area contributed by atoms with Gasteiger partial charge in [-0.3, -0.25) is 24.0 Å². The summed E-state index contributed by atoms with van der Waals surface area (Å²) in [6.45, 7) is 0.748. The van der Waals surface area contributed by atoms with Crippen LogP contribution in [-0.4, -0.2) is 108 Å². The SMILES string of the molecule is NC(=O)CC[C@H](NC(=O)[C@@H]1CCCN1C(=O)[C@H](CC1CNCN1)NC(=O)[C@@H](N)CO)C(=O)N[C@H](C=O)Cc1ccccc1. The summed E-state index contributed by atoms with van der Waals surface area (Å²) in [5.74, 6) is -3.14. The lowest BCUT2D eigenvalue weighted by Gasteiger charge is -2.31. The summed E-state index contributed by atoms with van der Waals surface area (Å²) >= 11 is 0. The molecule has 0 aliphatic carbocycles. The summed E-state index contributed by atoms with van der Waals surface area (Å²) in [6.07, 6.45) is 1.56. The van der Waals surface area contributed by atoms with Gasteiger partial charge in [0.1, 0.15) is 30.5 Å². The third-order valence-electron chi connectivity index (χ3n) is 7.52. The number of aliphatic hydroxyl groups excluding tert-OH is 1. The van der Waals surface area contributed by atoms with E-state index in [0.717, 1.165) is 5.56 Å². The number of primary amides is 1. The molecule has 1 aromatic carbocycles. The second-order valence-electron chi connectivity index (χ2n) is 10.8. The standard InChI is InChI=1S/C28H42N8O7/c29-20(15-38)25(40)35-22(12-18-13-31-16-32-18)28(43)36-10-4-7-23(36)27(42)34-21(8-9-24(30)39)26(41)33-19(14-37)11-17-5-2-1-3-6-17/h1-3,5-6,14,18-23,31-32,38H,4,7-13,15-16,29H2,(H2,30,39)(H,33,41)(H,34,42)(H,35,40)/t18?,19-,20-,21-,22-,23-/m0/s1. The van der Waals surface area contributed by atoms with Crippen LogP contribution in [0.5, 0.6) is 0 Å². The lowest BCUT2D eigenvalue weighted by Crippen LogP contribution is -2.59. The van der Waals surface area contributed by atoms with E-state index < -0.39 is 66.4 Å². The molecule has 10 N–H and O–H groups in total. The Morgan fingerprint density at radius 2 is 1.81 bits per heavy atom. The van der Waals surface area contributed by atoms with Gasteiger partial charge in [0.25, 0.3) is 0 Å². The van der Waals surface area contributed by atoms with Crippen LogP contribution in [0, 0.1) is 0 Å². The van der Waals surface area contributed by atoms with Gasteiger partial charge in [-0.25, -0.2) is 0 Å². The molecule has 15 nitrogen and oxygen atoms in total. The van der Waals surface area contributed by atoms with Gasteiger partial charge in [-0.1, -0.05) is 30.3 Å². The first-order chi connectivity index (χ1) is 20.6. The van der Waals surface area contributed by atoms with E-state index in [1.807, 2.05) is 30.3 Å². The summed E-state index contributed by atoms with van der Waals surface area (Å²) in [5, 5.41) is 23.4. The number of rotatable bonds is 16. The molecule has 15 heteroatoms. The summed E-state index contributed by atoms with van der Waals surface area (Å²) in [6, 6.07) is 3.70. The number of nitrogens with one attached hydrogen (secondary N) is 5. The van der Waals surface area contributed by atoms with E-state index >= 15 is 0 Å². The van der Waals surface area contributed by atoms with E-state index in [1.54, 1.807) is 0 Å². The number of benzene rings is 1. The third-order valence-corrected chi connectivity index (χ3v) is 7.52. The molecule has 0 bridgehead atoms. The van der Waals surface area contributed by atoms with Crippen molar-refractivity contribution in [3.8, 4) is 0 Å². The van der Waals surface area contributed by atoms with Crippen molar-refractivity contribution in [1.29, 1.82) is 0 Å². The van der Waals surface area contributed by atoms with Gasteiger partial charge in [0.15, 0.2) is 0 Å². The van der Waals surface area contributed by atoms with E-state index in [9.17, 15) is 33.9 Å². The molecule has 2 aliphatic rings. The molecule has 43 heavy (non-hydrogen) atoms. The number of nitrogens with two attached hydrogens (primary N) is 2. The van der Waals surface area contributed by atoms with Gasteiger partial charge in [0, 0.05) is 32.2 Å². The van der Waals surface area contributed by atoms with Gasteiger partial charge in [0.05, 0.1) is 12.6 Å². The van der Waals surface area contributed by atoms with Crippen LogP contribution >= 0.6 is 0 Å². The minimum Gasteiger partial charge on any atom is -0.394 e. The zero-order valence-corrected chi connectivity index (χ0v) is 24.0. The van der Waals surface area contributed by atoms with Crippen molar-refractivity contribution < 1.29 is 33.9 Å². The fourth-order valence-corrected chi connectivity index (χ4v) is 5.18. The maximum Gasteiger partial charge on any atom is 0.245 e. The third kappa shape index (κ3) is 10.1. The highest BCUT2D eigenvalue weighted by atomic mass is 16.3. The van der Waals surface area contributed by atoms with E-state index in [-0.39, 0.29) is 38.3 Å². The Bertz CT molecular complexity index is 1130. The number of likely N-dealkylation sites (tertiary alicyclic amines) is 1. The van der Waals surface area contributed by atoms with Gasteiger partial charge in [-0.2, -0.15) is 0 Å². The number of nitrogens with zero attached hydrogens (tertiary/aromatic N) is 1. The predicted octanol–water partition coefficient (Wildman–Crippen LogP) is -3.63. The van der Waals surface area contributed by atoms with Crippen LogP contribution in [0.15, 0.2) is 30.3 Å². The number of carbonyl (C=O) groups excluding carboxylic acids is 6. The predicted molar refractivity (Wildman–Crippen MR) is 155 cm³/mol. The highest BCUT2D eigenvalue weighted by molar-refractivity contribution is 5.95. The van der Waals surface area contributed by atoms with Crippen LogP contribution in [0.4, 0.5) is 0 Å². The number of carbonyl (C=O) groups is 6. The molecule has 5 amide bonds. The largest absolute Gasteiger partial charge is 0.394 e. The van der Waals surface area contributed by atoms with Crippen LogP contribution in [0.3, 0.4) is 0 Å². The Balaban J connectivity index is 1.71. The van der Waals surface area contributed by atoms with E-state index in [1.165, 1.54) is 4.90 Å². The Morgan fingerprint density at radius 3 is 2.44 bits per heavy atom. The minimum atomic E-state index is -1.22. The molecule has 3 rings (SSSR count). The van der Waals surface area contributed by atoms with Crippen LogP contribution in [0.25, 0.3) is 0 Å². The van der Waals surface area contributed by atoms with Gasteiger partial charge in [0.2, 0.25) is 29.5 Å². The van der Waals surface area contributed by atoms with Crippen molar-refractivity contribution in [3.05, 3.63) is 35.9 Å². The average Bonchev–Trinajstić information content (AvgIpc) is 3.70. The lowest BCUT2D eigenvalue weighted by molar-refractivity contribution is -0.142. The molecule has 1 unspecified atom stereocenters. The van der Waals surface area contributed by atoms with Crippen LogP contribution in [0.2, 0.25) is 0 Å². The lowest BCUT2D eigenvalue weighted by atomic mass is 10.0. The molecule has 2 fully saturated rings. The first-order valence-electron chi connectivity index (χ1n) is 14.4. The summed E-state index contributed by atoms with van der Waals surface area (Å²) < 4.78 is 0. The van der Waals surface area contributed by atoms with Crippen molar-refractivity contribution in [3.63, 3.8) is 0 Å². The van der Waals surface area contributed by atoms with E-state index in [0.29, 0.717) is 32.3 Å². The minimum absolute atomic E-state index is 0.109. The number of aliphatic hydroxyl groups is 1.